The van der Waals surface area contributed by atoms with Gasteiger partial charge in [0.2, 0.25) is 17.8 Å². The van der Waals surface area contributed by atoms with Crippen molar-refractivity contribution < 1.29 is 14.6 Å². The number of nitrogens with zero attached hydrogens (tertiary/aromatic N) is 8. The smallest absolute Gasteiger partial charge is 0.241 e. The number of benzene rings is 1. The number of ether oxygens (including phenoxy) is 1. The van der Waals surface area contributed by atoms with Gasteiger partial charge in [0, 0.05) is 27.1 Å². The number of hydrogen-bond acceptors (Lipinski definition) is 9. The lowest BCUT2D eigenvalue weighted by Crippen LogP contribution is -2.41. The molecule has 0 atom stereocenters. The van der Waals surface area contributed by atoms with Gasteiger partial charge in [-0.3, -0.25) is 15.0 Å². The molecule has 4 aromatic rings. The predicted octanol–water partition coefficient (Wildman–Crippen LogP) is 2.48. The highest BCUT2D eigenvalue weighted by Crippen LogP contribution is 2.31. The SMILES string of the molecule is CC(=O)Nc1nc2ccccc2n1-c1nc(N2CCOCC2)c2nc(CN3CCC(C(C)(C)O)CC3)n(C)c2n1. The van der Waals surface area contributed by atoms with E-state index < -0.39 is 5.60 Å². The number of amides is 1. The molecule has 12 nitrogen and oxygen atoms in total. The number of hydrogen-bond donors (Lipinski definition) is 2. The molecule has 5 heterocycles. The Morgan fingerprint density at radius 3 is 2.50 bits per heavy atom. The minimum atomic E-state index is -0.656. The Hall–Kier alpha value is -3.61. The van der Waals surface area contributed by atoms with Gasteiger partial charge in [0.05, 0.1) is 36.4 Å². The number of imidazole rings is 2. The molecule has 2 N–H and O–H groups in total. The van der Waals surface area contributed by atoms with Crippen LogP contribution in [0.5, 0.6) is 0 Å². The van der Waals surface area contributed by atoms with Gasteiger partial charge in [0.25, 0.3) is 0 Å². The zero-order valence-corrected chi connectivity index (χ0v) is 23.6. The summed E-state index contributed by atoms with van der Waals surface area (Å²) in [7, 11) is 1.99. The molecule has 0 radical (unpaired) electrons. The third kappa shape index (κ3) is 5.02. The fourth-order valence-electron chi connectivity index (χ4n) is 5.78. The van der Waals surface area contributed by atoms with Gasteiger partial charge < -0.3 is 19.3 Å². The molecule has 12 heteroatoms. The number of nitrogens with one attached hydrogen (secondary N) is 1. The topological polar surface area (TPSA) is 126 Å². The second-order valence-corrected chi connectivity index (χ2v) is 11.4. The molecule has 0 spiro atoms. The second-order valence-electron chi connectivity index (χ2n) is 11.4. The molecule has 212 valence electrons. The zero-order valence-electron chi connectivity index (χ0n) is 23.6. The summed E-state index contributed by atoms with van der Waals surface area (Å²) in [6.45, 7) is 10.4. The van der Waals surface area contributed by atoms with Gasteiger partial charge in [-0.2, -0.15) is 9.97 Å². The lowest BCUT2D eigenvalue weighted by Gasteiger charge is -2.37. The molecule has 0 saturated carbocycles. The number of aromatic nitrogens is 6. The Kier molecular flexibility index (Phi) is 6.93. The first-order valence-corrected chi connectivity index (χ1v) is 14.0. The van der Waals surface area contributed by atoms with E-state index in [9.17, 15) is 9.90 Å². The number of aryl methyl sites for hydroxylation is 1. The lowest BCUT2D eigenvalue weighted by atomic mass is 9.83. The Bertz CT molecular complexity index is 1540. The van der Waals surface area contributed by atoms with Crippen molar-refractivity contribution in [2.75, 3.05) is 49.6 Å². The van der Waals surface area contributed by atoms with Gasteiger partial charge in [-0.05, 0) is 57.8 Å². The molecular formula is C28H37N9O3. The highest BCUT2D eigenvalue weighted by molar-refractivity contribution is 5.91. The molecule has 40 heavy (non-hydrogen) atoms. The van der Waals surface area contributed by atoms with E-state index >= 15 is 0 Å². The number of likely N-dealkylation sites (tertiary alicyclic amines) is 1. The number of carbonyl (C=O) groups excluding carboxylic acids is 1. The van der Waals surface area contributed by atoms with Crippen molar-refractivity contribution in [2.45, 2.75) is 45.8 Å². The highest BCUT2D eigenvalue weighted by atomic mass is 16.5. The molecule has 2 aliphatic rings. The number of morpholine rings is 1. The molecule has 0 unspecified atom stereocenters. The molecule has 1 aromatic carbocycles. The van der Waals surface area contributed by atoms with Gasteiger partial charge in [-0.15, -0.1) is 0 Å². The monoisotopic (exact) mass is 547 g/mol. The van der Waals surface area contributed by atoms with Crippen molar-refractivity contribution in [3.05, 3.63) is 30.1 Å². The van der Waals surface area contributed by atoms with Crippen molar-refractivity contribution in [3.8, 4) is 5.95 Å². The summed E-state index contributed by atoms with van der Waals surface area (Å²) < 4.78 is 9.47. The summed E-state index contributed by atoms with van der Waals surface area (Å²) in [4.78, 5) is 36.4. The van der Waals surface area contributed by atoms with Crippen molar-refractivity contribution in [1.29, 1.82) is 0 Å². The zero-order chi connectivity index (χ0) is 28.0. The van der Waals surface area contributed by atoms with Gasteiger partial charge in [-0.1, -0.05) is 12.1 Å². The van der Waals surface area contributed by atoms with Crippen LogP contribution in [-0.4, -0.2) is 90.0 Å². The van der Waals surface area contributed by atoms with E-state index in [-0.39, 0.29) is 5.91 Å². The molecule has 0 bridgehead atoms. The average Bonchev–Trinajstić information content (AvgIpc) is 3.44. The van der Waals surface area contributed by atoms with Crippen LogP contribution in [0.4, 0.5) is 11.8 Å². The van der Waals surface area contributed by atoms with Crippen LogP contribution < -0.4 is 10.2 Å². The van der Waals surface area contributed by atoms with Crippen LogP contribution in [0.25, 0.3) is 28.1 Å². The molecule has 0 aliphatic carbocycles. The van der Waals surface area contributed by atoms with Crippen LogP contribution in [-0.2, 0) is 23.1 Å². The van der Waals surface area contributed by atoms with Crippen molar-refractivity contribution in [1.82, 2.24) is 34.0 Å². The van der Waals surface area contributed by atoms with Gasteiger partial charge in [0.1, 0.15) is 5.82 Å². The molecule has 2 aliphatic heterocycles. The van der Waals surface area contributed by atoms with E-state index in [2.05, 4.69) is 20.1 Å². The normalized spacial score (nSPS) is 17.7. The summed E-state index contributed by atoms with van der Waals surface area (Å²) in [5.74, 6) is 2.54. The third-order valence-electron chi connectivity index (χ3n) is 8.09. The van der Waals surface area contributed by atoms with E-state index in [1.807, 2.05) is 49.7 Å². The molecule has 3 aromatic heterocycles. The van der Waals surface area contributed by atoms with E-state index in [0.717, 1.165) is 59.8 Å². The average molecular weight is 548 g/mol. The number of aliphatic hydroxyl groups is 1. The molecule has 6 rings (SSSR count). The molecule has 2 saturated heterocycles. The minimum Gasteiger partial charge on any atom is -0.390 e. The number of carbonyl (C=O) groups is 1. The first kappa shape index (κ1) is 26.6. The van der Waals surface area contributed by atoms with Crippen LogP contribution in [0.1, 0.15) is 39.4 Å². The Morgan fingerprint density at radius 2 is 1.80 bits per heavy atom. The van der Waals surface area contributed by atoms with Crippen molar-refractivity contribution in [3.63, 3.8) is 0 Å². The number of para-hydroxylation sites is 2. The number of rotatable bonds is 6. The number of anilines is 2. The summed E-state index contributed by atoms with van der Waals surface area (Å²) in [6.07, 6.45) is 1.91. The fraction of sp³-hybridized carbons (Fsp3) is 0.536. The van der Waals surface area contributed by atoms with Crippen LogP contribution >= 0.6 is 0 Å². The fourth-order valence-corrected chi connectivity index (χ4v) is 5.78. The minimum absolute atomic E-state index is 0.220. The maximum atomic E-state index is 12.1. The summed E-state index contributed by atoms with van der Waals surface area (Å²) >= 11 is 0. The largest absolute Gasteiger partial charge is 0.390 e. The van der Waals surface area contributed by atoms with Gasteiger partial charge in [0.15, 0.2) is 17.0 Å². The number of piperidine rings is 1. The molecule has 1 amide bonds. The Labute approximate surface area is 233 Å². The van der Waals surface area contributed by atoms with E-state index in [4.69, 9.17) is 19.7 Å². The summed E-state index contributed by atoms with van der Waals surface area (Å²) in [5.41, 5.74) is 2.36. The van der Waals surface area contributed by atoms with E-state index in [1.165, 1.54) is 6.92 Å². The van der Waals surface area contributed by atoms with E-state index in [1.54, 1.807) is 4.57 Å². The first-order chi connectivity index (χ1) is 19.2. The Balaban J connectivity index is 1.43. The van der Waals surface area contributed by atoms with Crippen LogP contribution in [0.15, 0.2) is 24.3 Å². The maximum absolute atomic E-state index is 12.1. The van der Waals surface area contributed by atoms with Crippen molar-refractivity contribution >= 4 is 39.9 Å². The summed E-state index contributed by atoms with van der Waals surface area (Å²) in [5, 5.41) is 13.3. The van der Waals surface area contributed by atoms with Gasteiger partial charge >= 0.3 is 0 Å². The predicted molar refractivity (Wildman–Crippen MR) is 153 cm³/mol. The quantitative estimate of drug-likeness (QED) is 0.374. The Morgan fingerprint density at radius 1 is 1.07 bits per heavy atom. The number of fused-ring (bicyclic) bond motifs is 2. The van der Waals surface area contributed by atoms with E-state index in [0.29, 0.717) is 50.7 Å². The van der Waals surface area contributed by atoms with Gasteiger partial charge in [-0.25, -0.2) is 14.5 Å². The van der Waals surface area contributed by atoms with Crippen LogP contribution in [0, 0.1) is 5.92 Å². The lowest BCUT2D eigenvalue weighted by molar-refractivity contribution is -0.114. The first-order valence-electron chi connectivity index (χ1n) is 14.0. The van der Waals surface area contributed by atoms with Crippen LogP contribution in [0.2, 0.25) is 0 Å². The van der Waals surface area contributed by atoms with Crippen LogP contribution in [0.3, 0.4) is 0 Å². The van der Waals surface area contributed by atoms with Crippen molar-refractivity contribution in [2.24, 2.45) is 13.0 Å². The third-order valence-corrected chi connectivity index (χ3v) is 8.09. The molecule has 2 fully saturated rings. The molecular weight excluding hydrogens is 510 g/mol. The second kappa shape index (κ2) is 10.4. The highest BCUT2D eigenvalue weighted by Gasteiger charge is 2.31. The summed E-state index contributed by atoms with van der Waals surface area (Å²) in [6, 6.07) is 7.70. The standard InChI is InChI=1S/C28H37N9O3/c1-18(38)29-26-30-20-7-5-6-8-21(20)37(26)27-32-24-23(25(33-27)36-13-15-40-16-14-36)31-22(34(24)4)17-35-11-9-19(10-12-35)28(2,3)39/h5-8,19,39H,9-17H2,1-4H3,(H,29,30,38). The maximum Gasteiger partial charge on any atom is 0.241 e.